The van der Waals surface area contributed by atoms with E-state index in [0.29, 0.717) is 19.8 Å². The van der Waals surface area contributed by atoms with Crippen molar-refractivity contribution in [1.82, 2.24) is 19.7 Å². The lowest BCUT2D eigenvalue weighted by molar-refractivity contribution is -0.187. The summed E-state index contributed by atoms with van der Waals surface area (Å²) < 4.78 is 11.5. The molecule has 0 radical (unpaired) electrons. The molecule has 0 atom stereocenters. The molecule has 3 aliphatic rings. The molecule has 1 aromatic heterocycles. The second-order valence-electron chi connectivity index (χ2n) is 8.55. The molecular formula is C23H30N4O3S. The predicted octanol–water partition coefficient (Wildman–Crippen LogP) is 2.29. The molecule has 5 rings (SSSR count). The number of amides is 1. The molecule has 3 aliphatic heterocycles. The molecule has 0 aliphatic carbocycles. The Morgan fingerprint density at radius 1 is 0.968 bits per heavy atom. The third-order valence-electron chi connectivity index (χ3n) is 6.47. The SMILES string of the molecule is O=C(CN1CCN(Cc2csc(-c3ccccc3)n2)CC1)N1CCC2(CC1)OCCO2. The first-order valence-electron chi connectivity index (χ1n) is 11.2. The zero-order valence-corrected chi connectivity index (χ0v) is 18.7. The Morgan fingerprint density at radius 2 is 1.65 bits per heavy atom. The fraction of sp³-hybridized carbons (Fsp3) is 0.565. The van der Waals surface area contributed by atoms with Gasteiger partial charge < -0.3 is 14.4 Å². The summed E-state index contributed by atoms with van der Waals surface area (Å²) in [6, 6.07) is 10.3. The molecular weight excluding hydrogens is 412 g/mol. The number of piperidine rings is 1. The summed E-state index contributed by atoms with van der Waals surface area (Å²) >= 11 is 1.71. The van der Waals surface area contributed by atoms with Crippen LogP contribution in [0.2, 0.25) is 0 Å². The van der Waals surface area contributed by atoms with Crippen LogP contribution >= 0.6 is 11.3 Å². The van der Waals surface area contributed by atoms with Crippen LogP contribution < -0.4 is 0 Å². The number of carbonyl (C=O) groups is 1. The number of piperazine rings is 1. The number of hydrogen-bond donors (Lipinski definition) is 0. The van der Waals surface area contributed by atoms with Crippen LogP contribution in [0.15, 0.2) is 35.7 Å². The molecule has 1 amide bonds. The summed E-state index contributed by atoms with van der Waals surface area (Å²) in [4.78, 5) is 24.3. The average Bonchev–Trinajstić information content (AvgIpc) is 3.46. The smallest absolute Gasteiger partial charge is 0.236 e. The molecule has 3 saturated heterocycles. The number of rotatable bonds is 5. The van der Waals surface area contributed by atoms with Crippen LogP contribution in [0, 0.1) is 0 Å². The molecule has 1 spiro atoms. The van der Waals surface area contributed by atoms with Gasteiger partial charge in [-0.05, 0) is 0 Å². The summed E-state index contributed by atoms with van der Waals surface area (Å²) in [7, 11) is 0. The number of ether oxygens (including phenoxy) is 2. The Kier molecular flexibility index (Phi) is 6.34. The van der Waals surface area contributed by atoms with Gasteiger partial charge in [-0.3, -0.25) is 14.6 Å². The van der Waals surface area contributed by atoms with Crippen LogP contribution in [0.3, 0.4) is 0 Å². The van der Waals surface area contributed by atoms with Crippen LogP contribution in [0.25, 0.3) is 10.6 Å². The average molecular weight is 443 g/mol. The molecule has 0 saturated carbocycles. The Morgan fingerprint density at radius 3 is 2.35 bits per heavy atom. The summed E-state index contributed by atoms with van der Waals surface area (Å²) in [6.45, 7) is 7.97. The van der Waals surface area contributed by atoms with E-state index in [1.54, 1.807) is 11.3 Å². The van der Waals surface area contributed by atoms with Crippen LogP contribution in [0.5, 0.6) is 0 Å². The highest BCUT2D eigenvalue weighted by molar-refractivity contribution is 7.13. The fourth-order valence-corrected chi connectivity index (χ4v) is 5.42. The largest absolute Gasteiger partial charge is 0.347 e. The Balaban J connectivity index is 1.06. The van der Waals surface area contributed by atoms with Gasteiger partial charge in [0, 0.05) is 69.6 Å². The molecule has 4 heterocycles. The normalized spacial score (nSPS) is 22.3. The second kappa shape index (κ2) is 9.34. The predicted molar refractivity (Wildman–Crippen MR) is 120 cm³/mol. The maximum Gasteiger partial charge on any atom is 0.236 e. The van der Waals surface area contributed by atoms with Crippen molar-refractivity contribution in [3.63, 3.8) is 0 Å². The lowest BCUT2D eigenvalue weighted by Gasteiger charge is -2.39. The van der Waals surface area contributed by atoms with E-state index in [-0.39, 0.29) is 5.91 Å². The summed E-state index contributed by atoms with van der Waals surface area (Å²) in [5, 5.41) is 3.25. The first-order valence-corrected chi connectivity index (χ1v) is 12.1. The van der Waals surface area contributed by atoms with E-state index in [1.165, 1.54) is 5.56 Å². The van der Waals surface area contributed by atoms with Gasteiger partial charge in [0.05, 0.1) is 25.5 Å². The summed E-state index contributed by atoms with van der Waals surface area (Å²) in [5.74, 6) is -0.188. The second-order valence-corrected chi connectivity index (χ2v) is 9.41. The van der Waals surface area contributed by atoms with Gasteiger partial charge in [0.1, 0.15) is 5.01 Å². The molecule has 31 heavy (non-hydrogen) atoms. The van der Waals surface area contributed by atoms with E-state index < -0.39 is 5.79 Å². The molecule has 166 valence electrons. The molecule has 0 bridgehead atoms. The van der Waals surface area contributed by atoms with Crippen LogP contribution in [0.4, 0.5) is 0 Å². The number of aromatic nitrogens is 1. The number of carbonyl (C=O) groups excluding carboxylic acids is 1. The first-order chi connectivity index (χ1) is 15.2. The van der Waals surface area contributed by atoms with Gasteiger partial charge in [-0.2, -0.15) is 0 Å². The van der Waals surface area contributed by atoms with Crippen molar-refractivity contribution >= 4 is 17.2 Å². The topological polar surface area (TPSA) is 58.1 Å². The van der Waals surface area contributed by atoms with Crippen LogP contribution in [0.1, 0.15) is 18.5 Å². The van der Waals surface area contributed by atoms with E-state index in [0.717, 1.165) is 69.4 Å². The van der Waals surface area contributed by atoms with E-state index in [2.05, 4.69) is 39.4 Å². The number of nitrogens with zero attached hydrogens (tertiary/aromatic N) is 4. The van der Waals surface area contributed by atoms with E-state index in [4.69, 9.17) is 14.5 Å². The minimum absolute atomic E-state index is 0.230. The molecule has 0 unspecified atom stereocenters. The van der Waals surface area contributed by atoms with Gasteiger partial charge in [0.15, 0.2) is 5.79 Å². The Labute approximate surface area is 187 Å². The molecule has 3 fully saturated rings. The van der Waals surface area contributed by atoms with E-state index in [1.807, 2.05) is 11.0 Å². The van der Waals surface area contributed by atoms with Crippen molar-refractivity contribution in [2.45, 2.75) is 25.2 Å². The first kappa shape index (κ1) is 21.0. The van der Waals surface area contributed by atoms with Gasteiger partial charge >= 0.3 is 0 Å². The van der Waals surface area contributed by atoms with Crippen molar-refractivity contribution in [3.05, 3.63) is 41.4 Å². The number of hydrogen-bond acceptors (Lipinski definition) is 7. The Bertz CT molecular complexity index is 866. The van der Waals surface area contributed by atoms with E-state index >= 15 is 0 Å². The van der Waals surface area contributed by atoms with E-state index in [9.17, 15) is 4.79 Å². The van der Waals surface area contributed by atoms with Gasteiger partial charge in [-0.1, -0.05) is 30.3 Å². The van der Waals surface area contributed by atoms with Crippen molar-refractivity contribution in [3.8, 4) is 10.6 Å². The fourth-order valence-electron chi connectivity index (χ4n) is 4.60. The minimum atomic E-state index is -0.418. The van der Waals surface area contributed by atoms with Crippen molar-refractivity contribution in [1.29, 1.82) is 0 Å². The van der Waals surface area contributed by atoms with Crippen LogP contribution in [-0.2, 0) is 20.8 Å². The maximum atomic E-state index is 12.8. The zero-order valence-electron chi connectivity index (χ0n) is 17.9. The lowest BCUT2D eigenvalue weighted by Crippen LogP contribution is -2.52. The molecule has 0 N–H and O–H groups in total. The number of likely N-dealkylation sites (tertiary alicyclic amines) is 1. The zero-order chi connectivity index (χ0) is 21.1. The molecule has 8 heteroatoms. The van der Waals surface area contributed by atoms with Crippen molar-refractivity contribution in [2.24, 2.45) is 0 Å². The van der Waals surface area contributed by atoms with Crippen molar-refractivity contribution in [2.75, 3.05) is 59.0 Å². The maximum absolute atomic E-state index is 12.8. The number of thiazole rings is 1. The standard InChI is InChI=1S/C23H30N4O3S/c28-21(27-8-6-23(7-9-27)29-14-15-30-23)17-26-12-10-25(11-13-26)16-20-18-31-22(24-20)19-4-2-1-3-5-19/h1-5,18H,6-17H2. The van der Waals surface area contributed by atoms with Gasteiger partial charge in [0.25, 0.3) is 0 Å². The summed E-state index contributed by atoms with van der Waals surface area (Å²) in [5.41, 5.74) is 2.31. The lowest BCUT2D eigenvalue weighted by atomic mass is 10.0. The van der Waals surface area contributed by atoms with Crippen molar-refractivity contribution < 1.29 is 14.3 Å². The molecule has 2 aromatic rings. The molecule has 1 aromatic carbocycles. The highest BCUT2D eigenvalue weighted by Crippen LogP contribution is 2.31. The van der Waals surface area contributed by atoms with Gasteiger partial charge in [-0.25, -0.2) is 4.98 Å². The third kappa shape index (κ3) is 4.99. The Hall–Kier alpha value is -1.84. The molecule has 7 nitrogen and oxygen atoms in total. The quantitative estimate of drug-likeness (QED) is 0.708. The highest BCUT2D eigenvalue weighted by Gasteiger charge is 2.40. The van der Waals surface area contributed by atoms with Gasteiger partial charge in [0.2, 0.25) is 5.91 Å². The minimum Gasteiger partial charge on any atom is -0.347 e. The summed E-state index contributed by atoms with van der Waals surface area (Å²) in [6.07, 6.45) is 1.57. The third-order valence-corrected chi connectivity index (χ3v) is 7.41. The van der Waals surface area contributed by atoms with Gasteiger partial charge in [-0.15, -0.1) is 11.3 Å². The highest BCUT2D eigenvalue weighted by atomic mass is 32.1. The monoisotopic (exact) mass is 442 g/mol. The number of benzene rings is 1. The van der Waals surface area contributed by atoms with Crippen LogP contribution in [-0.4, -0.2) is 90.4 Å².